The Balaban J connectivity index is 0.00000306. The van der Waals surface area contributed by atoms with E-state index < -0.39 is 17.3 Å². The largest absolute Gasteiger partial charge is 0.493 e. The molecule has 12 nitrogen and oxygen atoms in total. The van der Waals surface area contributed by atoms with Crippen molar-refractivity contribution in [2.45, 2.75) is 31.0 Å². The predicted molar refractivity (Wildman–Crippen MR) is 116 cm³/mol. The second-order valence-corrected chi connectivity index (χ2v) is 7.74. The minimum atomic E-state index is -0.806. The molecule has 0 unspecified atom stereocenters. The number of fused-ring (bicyclic) bond motifs is 1. The van der Waals surface area contributed by atoms with Gasteiger partial charge in [-0.15, -0.1) is 22.5 Å². The molecule has 0 radical (unpaired) electrons. The zero-order chi connectivity index (χ0) is 22.8. The van der Waals surface area contributed by atoms with Crippen molar-refractivity contribution in [3.05, 3.63) is 27.8 Å². The minimum absolute atomic E-state index is 0. The van der Waals surface area contributed by atoms with E-state index in [0.29, 0.717) is 55.4 Å². The van der Waals surface area contributed by atoms with Crippen molar-refractivity contribution in [2.24, 2.45) is 0 Å². The lowest BCUT2D eigenvalue weighted by atomic mass is 10.1. The Hall–Kier alpha value is -2.54. The molecule has 3 aliphatic rings. The van der Waals surface area contributed by atoms with Crippen LogP contribution in [0.2, 0.25) is 0 Å². The molecule has 3 aliphatic heterocycles. The maximum Gasteiger partial charge on any atom is 0.294 e. The number of hydrogen-bond donors (Lipinski definition) is 0. The highest BCUT2D eigenvalue weighted by Crippen LogP contribution is 2.40. The first-order valence-electron chi connectivity index (χ1n) is 10.4. The number of piperazine rings is 1. The number of amides is 1. The van der Waals surface area contributed by atoms with Crippen LogP contribution in [0.25, 0.3) is 0 Å². The van der Waals surface area contributed by atoms with E-state index in [1.807, 2.05) is 0 Å². The van der Waals surface area contributed by atoms with Crippen LogP contribution in [0.4, 0.5) is 0 Å². The number of nitrogens with zero attached hydrogens (tertiary/aromatic N) is 3. The fraction of sp³-hybridized carbons (Fsp3) is 0.650. The summed E-state index contributed by atoms with van der Waals surface area (Å²) in [5.41, 5.74) is 0.401. The van der Waals surface area contributed by atoms with Gasteiger partial charge in [0.25, 0.3) is 11.0 Å². The monoisotopic (exact) mass is 489 g/mol. The highest BCUT2D eigenvalue weighted by molar-refractivity contribution is 5.98. The molecule has 4 rings (SSSR count). The molecule has 0 saturated carbocycles. The molecular weight excluding hydrogens is 462 g/mol. The van der Waals surface area contributed by atoms with Crippen LogP contribution < -0.4 is 14.2 Å². The first-order chi connectivity index (χ1) is 15.5. The van der Waals surface area contributed by atoms with Crippen molar-refractivity contribution in [3.63, 3.8) is 0 Å². The summed E-state index contributed by atoms with van der Waals surface area (Å²) in [6.45, 7) is 2.36. The Labute approximate surface area is 197 Å². The number of halogens is 1. The van der Waals surface area contributed by atoms with Crippen molar-refractivity contribution < 1.29 is 38.4 Å². The van der Waals surface area contributed by atoms with E-state index in [2.05, 4.69) is 9.74 Å². The summed E-state index contributed by atoms with van der Waals surface area (Å²) >= 11 is 0. The number of rotatable bonds is 7. The quantitative estimate of drug-likeness (QED) is 0.404. The van der Waals surface area contributed by atoms with Crippen LogP contribution in [0.15, 0.2) is 12.1 Å². The van der Waals surface area contributed by atoms with Crippen LogP contribution in [-0.4, -0.2) is 99.4 Å². The van der Waals surface area contributed by atoms with Crippen molar-refractivity contribution in [1.82, 2.24) is 9.80 Å². The van der Waals surface area contributed by atoms with Gasteiger partial charge < -0.3 is 33.4 Å². The second-order valence-electron chi connectivity index (χ2n) is 7.74. The van der Waals surface area contributed by atoms with Gasteiger partial charge in [0.15, 0.2) is 17.6 Å². The second kappa shape index (κ2) is 10.6. The average Bonchev–Trinajstić information content (AvgIpc) is 3.39. The molecule has 4 atom stereocenters. The number of benzene rings is 1. The van der Waals surface area contributed by atoms with Gasteiger partial charge in [0.2, 0.25) is 5.75 Å². The van der Waals surface area contributed by atoms with E-state index in [4.69, 9.17) is 23.7 Å². The van der Waals surface area contributed by atoms with E-state index >= 15 is 0 Å². The van der Waals surface area contributed by atoms with Crippen LogP contribution >= 0.6 is 12.4 Å². The number of carbonyl (C=O) groups is 1. The summed E-state index contributed by atoms with van der Waals surface area (Å²) in [6, 6.07) is 3.35. The third-order valence-corrected chi connectivity index (χ3v) is 6.12. The molecule has 0 aromatic heterocycles. The molecule has 13 heteroatoms. The molecule has 0 bridgehead atoms. The van der Waals surface area contributed by atoms with Gasteiger partial charge in [0.1, 0.15) is 12.3 Å². The van der Waals surface area contributed by atoms with Gasteiger partial charge in [-0.2, -0.15) is 0 Å². The molecule has 3 saturated heterocycles. The SMILES string of the molecule is COc1ccc(C(=O)N2CCN([C@@H]3C[C@H]4OC[C@H](O[N+](=O)[O-])[C@H]4O3)CC2)c(OC)c1OC.Cl. The Kier molecular flexibility index (Phi) is 8.05. The molecule has 33 heavy (non-hydrogen) atoms. The third-order valence-electron chi connectivity index (χ3n) is 6.12. The highest BCUT2D eigenvalue weighted by atomic mass is 35.5. The Bertz CT molecular complexity index is 865. The highest BCUT2D eigenvalue weighted by Gasteiger charge is 2.49. The topological polar surface area (TPSA) is 122 Å². The summed E-state index contributed by atoms with van der Waals surface area (Å²) < 4.78 is 27.8. The first-order valence-corrected chi connectivity index (χ1v) is 10.4. The van der Waals surface area contributed by atoms with Gasteiger partial charge in [0, 0.05) is 32.6 Å². The molecule has 0 aliphatic carbocycles. The number of carbonyl (C=O) groups excluding carboxylic acids is 1. The van der Waals surface area contributed by atoms with Crippen molar-refractivity contribution >= 4 is 18.3 Å². The van der Waals surface area contributed by atoms with E-state index in [1.54, 1.807) is 17.0 Å². The van der Waals surface area contributed by atoms with E-state index in [0.717, 1.165) is 0 Å². The smallest absolute Gasteiger partial charge is 0.294 e. The lowest BCUT2D eigenvalue weighted by molar-refractivity contribution is -0.769. The lowest BCUT2D eigenvalue weighted by Gasteiger charge is -2.38. The third kappa shape index (κ3) is 4.88. The first kappa shape index (κ1) is 25.1. The van der Waals surface area contributed by atoms with Crippen LogP contribution in [0, 0.1) is 10.1 Å². The van der Waals surface area contributed by atoms with Gasteiger partial charge in [-0.3, -0.25) is 9.69 Å². The van der Waals surface area contributed by atoms with Gasteiger partial charge in [0.05, 0.1) is 39.6 Å². The zero-order valence-electron chi connectivity index (χ0n) is 18.6. The standard InChI is InChI=1S/C20H27N3O9.ClH/c1-27-13-5-4-12(17(28-2)19(13)29-3)20(24)22-8-6-21(7-9-22)16-10-14-18(31-16)15(11-30-14)32-23(25)26;/h4-5,14-16,18H,6-11H2,1-3H3;1H/t14-,15+,16+,18+;/m1./s1. The maximum absolute atomic E-state index is 13.2. The van der Waals surface area contributed by atoms with Crippen LogP contribution in [0.3, 0.4) is 0 Å². The van der Waals surface area contributed by atoms with Gasteiger partial charge >= 0.3 is 0 Å². The predicted octanol–water partition coefficient (Wildman–Crippen LogP) is 0.983. The maximum atomic E-state index is 13.2. The molecule has 1 amide bonds. The molecule has 0 N–H and O–H groups in total. The normalized spacial score (nSPS) is 26.8. The fourth-order valence-electron chi connectivity index (χ4n) is 4.55. The molecule has 184 valence electrons. The summed E-state index contributed by atoms with van der Waals surface area (Å²) in [5, 5.41) is 9.86. The summed E-state index contributed by atoms with van der Waals surface area (Å²) in [6.07, 6.45) is -1.00. The molecule has 0 spiro atoms. The van der Waals surface area contributed by atoms with Crippen molar-refractivity contribution in [3.8, 4) is 17.2 Å². The number of methoxy groups -OCH3 is 3. The van der Waals surface area contributed by atoms with Crippen LogP contribution in [0.1, 0.15) is 16.8 Å². The molecule has 1 aromatic rings. The Morgan fingerprint density at radius 2 is 1.79 bits per heavy atom. The van der Waals surface area contributed by atoms with Crippen molar-refractivity contribution in [2.75, 3.05) is 54.1 Å². The number of hydrogen-bond acceptors (Lipinski definition) is 10. The average molecular weight is 490 g/mol. The molecular formula is C20H28ClN3O9. The summed E-state index contributed by atoms with van der Waals surface area (Å²) in [4.78, 5) is 32.4. The number of ether oxygens (including phenoxy) is 5. The zero-order valence-corrected chi connectivity index (χ0v) is 19.4. The molecule has 3 heterocycles. The van der Waals surface area contributed by atoms with E-state index in [9.17, 15) is 14.9 Å². The van der Waals surface area contributed by atoms with Gasteiger partial charge in [-0.05, 0) is 12.1 Å². The fourth-order valence-corrected chi connectivity index (χ4v) is 4.55. The summed E-state index contributed by atoms with van der Waals surface area (Å²) in [5.74, 6) is 1.03. The summed E-state index contributed by atoms with van der Waals surface area (Å²) in [7, 11) is 4.50. The Morgan fingerprint density at radius 3 is 2.39 bits per heavy atom. The van der Waals surface area contributed by atoms with Crippen LogP contribution in [0.5, 0.6) is 17.2 Å². The van der Waals surface area contributed by atoms with Crippen molar-refractivity contribution in [1.29, 1.82) is 0 Å². The van der Waals surface area contributed by atoms with Crippen LogP contribution in [-0.2, 0) is 14.3 Å². The molecule has 1 aromatic carbocycles. The van der Waals surface area contributed by atoms with E-state index in [-0.39, 0.29) is 37.3 Å². The lowest BCUT2D eigenvalue weighted by Crippen LogP contribution is -2.52. The van der Waals surface area contributed by atoms with Gasteiger partial charge in [-0.25, -0.2) is 0 Å². The minimum Gasteiger partial charge on any atom is -0.493 e. The van der Waals surface area contributed by atoms with Gasteiger partial charge in [-0.1, -0.05) is 0 Å². The Morgan fingerprint density at radius 1 is 1.09 bits per heavy atom. The van der Waals surface area contributed by atoms with E-state index in [1.165, 1.54) is 21.3 Å². The molecule has 3 fully saturated rings.